The number of nitrogens with zero attached hydrogens (tertiary/aromatic N) is 4. The van der Waals surface area contributed by atoms with Gasteiger partial charge in [-0.05, 0) is 11.6 Å². The summed E-state index contributed by atoms with van der Waals surface area (Å²) in [6, 6.07) is 3.85. The van der Waals surface area contributed by atoms with Gasteiger partial charge >= 0.3 is 0 Å². The molecule has 0 aliphatic carbocycles. The Morgan fingerprint density at radius 1 is 1.23 bits per heavy atom. The quantitative estimate of drug-likeness (QED) is 0.905. The molecule has 3 heterocycles. The summed E-state index contributed by atoms with van der Waals surface area (Å²) in [7, 11) is 0. The summed E-state index contributed by atoms with van der Waals surface area (Å²) >= 11 is 0. The van der Waals surface area contributed by atoms with Crippen molar-refractivity contribution in [3.05, 3.63) is 48.0 Å². The molecule has 1 saturated heterocycles. The number of nitrogens with one attached hydrogen (secondary N) is 1. The highest BCUT2D eigenvalue weighted by molar-refractivity contribution is 5.93. The Bertz CT molecular complexity index is 612. The van der Waals surface area contributed by atoms with Crippen LogP contribution in [0, 0.1) is 0 Å². The standard InChI is InChI=1S/C15H17N5O2/c21-14(20-4-6-22-7-5-20)13-10-18-15(19-11-13)17-9-12-2-1-3-16-8-12/h1-3,8,10-11H,4-7,9H2,(H,17,18,19). The lowest BCUT2D eigenvalue weighted by atomic mass is 10.2. The van der Waals surface area contributed by atoms with Crippen LogP contribution in [-0.2, 0) is 11.3 Å². The second kappa shape index (κ2) is 6.95. The van der Waals surface area contributed by atoms with Gasteiger partial charge in [-0.2, -0.15) is 0 Å². The van der Waals surface area contributed by atoms with Gasteiger partial charge in [0.25, 0.3) is 5.91 Å². The smallest absolute Gasteiger partial charge is 0.257 e. The summed E-state index contributed by atoms with van der Waals surface area (Å²) in [6.45, 7) is 2.97. The lowest BCUT2D eigenvalue weighted by Gasteiger charge is -2.26. The molecule has 0 spiro atoms. The van der Waals surface area contributed by atoms with Crippen LogP contribution in [0.5, 0.6) is 0 Å². The summed E-state index contributed by atoms with van der Waals surface area (Å²) in [5.74, 6) is 0.435. The van der Waals surface area contributed by atoms with Crippen LogP contribution in [-0.4, -0.2) is 52.1 Å². The monoisotopic (exact) mass is 299 g/mol. The predicted octanol–water partition coefficient (Wildman–Crippen LogP) is 0.956. The van der Waals surface area contributed by atoms with Crippen LogP contribution in [0.25, 0.3) is 0 Å². The van der Waals surface area contributed by atoms with Crippen molar-refractivity contribution in [2.24, 2.45) is 0 Å². The average molecular weight is 299 g/mol. The largest absolute Gasteiger partial charge is 0.378 e. The minimum atomic E-state index is -0.0536. The maximum absolute atomic E-state index is 12.3. The van der Waals surface area contributed by atoms with E-state index in [0.717, 1.165) is 5.56 Å². The summed E-state index contributed by atoms with van der Waals surface area (Å²) < 4.78 is 5.24. The Balaban J connectivity index is 1.59. The second-order valence-corrected chi connectivity index (χ2v) is 4.91. The zero-order valence-corrected chi connectivity index (χ0v) is 12.1. The Labute approximate surface area is 128 Å². The first-order valence-corrected chi connectivity index (χ1v) is 7.15. The van der Waals surface area contributed by atoms with Crippen molar-refractivity contribution in [1.82, 2.24) is 19.9 Å². The van der Waals surface area contributed by atoms with Crippen molar-refractivity contribution in [2.75, 3.05) is 31.6 Å². The minimum Gasteiger partial charge on any atom is -0.378 e. The first-order chi connectivity index (χ1) is 10.8. The zero-order valence-electron chi connectivity index (χ0n) is 12.1. The van der Waals surface area contributed by atoms with E-state index in [0.29, 0.717) is 44.4 Å². The molecule has 0 radical (unpaired) electrons. The number of ether oxygens (including phenoxy) is 1. The molecule has 0 atom stereocenters. The topological polar surface area (TPSA) is 80.2 Å². The molecular weight excluding hydrogens is 282 g/mol. The van der Waals surface area contributed by atoms with Gasteiger partial charge in [-0.3, -0.25) is 9.78 Å². The molecule has 7 nitrogen and oxygen atoms in total. The number of amides is 1. The van der Waals surface area contributed by atoms with Crippen LogP contribution in [0.2, 0.25) is 0 Å². The molecule has 7 heteroatoms. The van der Waals surface area contributed by atoms with E-state index in [2.05, 4.69) is 20.3 Å². The van der Waals surface area contributed by atoms with Crippen LogP contribution in [0.3, 0.4) is 0 Å². The molecule has 0 unspecified atom stereocenters. The van der Waals surface area contributed by atoms with E-state index in [1.807, 2.05) is 12.1 Å². The van der Waals surface area contributed by atoms with E-state index >= 15 is 0 Å². The third-order valence-corrected chi connectivity index (χ3v) is 3.37. The van der Waals surface area contributed by atoms with Gasteiger partial charge in [0.15, 0.2) is 0 Å². The van der Waals surface area contributed by atoms with Crippen molar-refractivity contribution < 1.29 is 9.53 Å². The summed E-state index contributed by atoms with van der Waals surface area (Å²) in [5.41, 5.74) is 1.54. The molecule has 0 aromatic carbocycles. The Morgan fingerprint density at radius 2 is 2.00 bits per heavy atom. The molecule has 0 bridgehead atoms. The minimum absolute atomic E-state index is 0.0536. The molecule has 0 saturated carbocycles. The van der Waals surface area contributed by atoms with Gasteiger partial charge in [0, 0.05) is 44.4 Å². The van der Waals surface area contributed by atoms with Crippen molar-refractivity contribution in [1.29, 1.82) is 0 Å². The predicted molar refractivity (Wildman–Crippen MR) is 80.3 cm³/mol. The maximum atomic E-state index is 12.3. The molecule has 22 heavy (non-hydrogen) atoms. The molecule has 1 aliphatic rings. The lowest BCUT2D eigenvalue weighted by Crippen LogP contribution is -2.40. The van der Waals surface area contributed by atoms with Gasteiger partial charge in [0.05, 0.1) is 18.8 Å². The number of anilines is 1. The van der Waals surface area contributed by atoms with Crippen molar-refractivity contribution in [3.8, 4) is 0 Å². The van der Waals surface area contributed by atoms with Crippen molar-refractivity contribution >= 4 is 11.9 Å². The van der Waals surface area contributed by atoms with Crippen LogP contribution in [0.15, 0.2) is 36.9 Å². The van der Waals surface area contributed by atoms with Gasteiger partial charge < -0.3 is 15.0 Å². The molecule has 1 fully saturated rings. The van der Waals surface area contributed by atoms with Crippen LogP contribution >= 0.6 is 0 Å². The fourth-order valence-electron chi connectivity index (χ4n) is 2.16. The fraction of sp³-hybridized carbons (Fsp3) is 0.333. The van der Waals surface area contributed by atoms with Crippen molar-refractivity contribution in [2.45, 2.75) is 6.54 Å². The molecule has 1 aliphatic heterocycles. The summed E-state index contributed by atoms with van der Waals surface area (Å²) in [6.07, 6.45) is 6.61. The Morgan fingerprint density at radius 3 is 2.68 bits per heavy atom. The molecule has 1 N–H and O–H groups in total. The number of morpholine rings is 1. The first kappa shape index (κ1) is 14.4. The number of hydrogen-bond acceptors (Lipinski definition) is 6. The number of carbonyl (C=O) groups excluding carboxylic acids is 1. The SMILES string of the molecule is O=C(c1cnc(NCc2cccnc2)nc1)N1CCOCC1. The Hall–Kier alpha value is -2.54. The van der Waals surface area contributed by atoms with E-state index in [9.17, 15) is 4.79 Å². The molecule has 2 aromatic rings. The number of aromatic nitrogens is 3. The van der Waals surface area contributed by atoms with E-state index in [-0.39, 0.29) is 5.91 Å². The highest BCUT2D eigenvalue weighted by atomic mass is 16.5. The van der Waals surface area contributed by atoms with E-state index in [1.165, 1.54) is 0 Å². The van der Waals surface area contributed by atoms with Crippen molar-refractivity contribution in [3.63, 3.8) is 0 Å². The van der Waals surface area contributed by atoms with Crippen LogP contribution < -0.4 is 5.32 Å². The molecule has 114 valence electrons. The highest BCUT2D eigenvalue weighted by Crippen LogP contribution is 2.08. The van der Waals surface area contributed by atoms with Gasteiger partial charge in [-0.25, -0.2) is 9.97 Å². The fourth-order valence-corrected chi connectivity index (χ4v) is 2.16. The van der Waals surface area contributed by atoms with Gasteiger partial charge in [0.2, 0.25) is 5.95 Å². The number of hydrogen-bond donors (Lipinski definition) is 1. The van der Waals surface area contributed by atoms with Gasteiger partial charge in [0.1, 0.15) is 0 Å². The number of rotatable bonds is 4. The molecule has 1 amide bonds. The number of pyridine rings is 1. The van der Waals surface area contributed by atoms with Gasteiger partial charge in [-0.15, -0.1) is 0 Å². The zero-order chi connectivity index (χ0) is 15.2. The van der Waals surface area contributed by atoms with Crippen LogP contribution in [0.4, 0.5) is 5.95 Å². The molecule has 2 aromatic heterocycles. The normalized spacial score (nSPS) is 14.6. The molecule has 3 rings (SSSR count). The van der Waals surface area contributed by atoms with Crippen LogP contribution in [0.1, 0.15) is 15.9 Å². The van der Waals surface area contributed by atoms with E-state index in [4.69, 9.17) is 4.74 Å². The Kier molecular flexibility index (Phi) is 4.55. The summed E-state index contributed by atoms with van der Waals surface area (Å²) in [4.78, 5) is 26.4. The van der Waals surface area contributed by atoms with E-state index in [1.54, 1.807) is 29.7 Å². The highest BCUT2D eigenvalue weighted by Gasteiger charge is 2.18. The second-order valence-electron chi connectivity index (χ2n) is 4.91. The molecular formula is C15H17N5O2. The average Bonchev–Trinajstić information content (AvgIpc) is 2.61. The number of carbonyl (C=O) groups is 1. The first-order valence-electron chi connectivity index (χ1n) is 7.15. The van der Waals surface area contributed by atoms with Gasteiger partial charge in [-0.1, -0.05) is 6.07 Å². The van der Waals surface area contributed by atoms with E-state index < -0.39 is 0 Å². The maximum Gasteiger partial charge on any atom is 0.257 e. The third kappa shape index (κ3) is 3.56. The lowest BCUT2D eigenvalue weighted by molar-refractivity contribution is 0.0302. The summed E-state index contributed by atoms with van der Waals surface area (Å²) in [5, 5.41) is 3.10. The third-order valence-electron chi connectivity index (χ3n) is 3.37.